The van der Waals surface area contributed by atoms with Crippen molar-refractivity contribution in [3.05, 3.63) is 26.7 Å². The van der Waals surface area contributed by atoms with E-state index in [9.17, 15) is 19.1 Å². The van der Waals surface area contributed by atoms with Gasteiger partial charge in [0.1, 0.15) is 0 Å². The second-order valence-electron chi connectivity index (χ2n) is 4.42. The van der Waals surface area contributed by atoms with Crippen molar-refractivity contribution in [1.82, 2.24) is 14.5 Å². The Bertz CT molecular complexity index is 537. The molecule has 6 nitrogen and oxygen atoms in total. The standard InChI is InChI=1S/C10H14FN3O3/c1-13-3-2-6(4-13)5-14-9(16)7(11)8(15)12-10(14)17/h6,16H,2-5H2,1H3,(H,12,15,17). The van der Waals surface area contributed by atoms with E-state index in [0.717, 1.165) is 24.1 Å². The SMILES string of the molecule is CN1CCC(Cn2c(O)c(F)c(=O)[nH]c2=O)C1. The minimum atomic E-state index is -1.31. The average Bonchev–Trinajstić information content (AvgIpc) is 2.67. The maximum absolute atomic E-state index is 13.2. The highest BCUT2D eigenvalue weighted by Crippen LogP contribution is 2.18. The van der Waals surface area contributed by atoms with E-state index in [1.807, 2.05) is 12.0 Å². The van der Waals surface area contributed by atoms with Crippen LogP contribution < -0.4 is 11.2 Å². The molecule has 1 unspecified atom stereocenters. The Morgan fingerprint density at radius 2 is 2.24 bits per heavy atom. The lowest BCUT2D eigenvalue weighted by molar-refractivity contribution is 0.324. The lowest BCUT2D eigenvalue weighted by Crippen LogP contribution is -2.34. The third-order valence-electron chi connectivity index (χ3n) is 3.05. The van der Waals surface area contributed by atoms with Gasteiger partial charge in [0, 0.05) is 13.1 Å². The highest BCUT2D eigenvalue weighted by atomic mass is 19.1. The minimum absolute atomic E-state index is 0.175. The molecule has 94 valence electrons. The van der Waals surface area contributed by atoms with Gasteiger partial charge in [-0.05, 0) is 25.9 Å². The fourth-order valence-electron chi connectivity index (χ4n) is 2.14. The molecule has 7 heteroatoms. The second-order valence-corrected chi connectivity index (χ2v) is 4.42. The van der Waals surface area contributed by atoms with Crippen molar-refractivity contribution in [1.29, 1.82) is 0 Å². The summed E-state index contributed by atoms with van der Waals surface area (Å²) in [6.07, 6.45) is 0.878. The van der Waals surface area contributed by atoms with E-state index in [4.69, 9.17) is 0 Å². The van der Waals surface area contributed by atoms with Crippen molar-refractivity contribution in [3.8, 4) is 5.88 Å². The van der Waals surface area contributed by atoms with Crippen molar-refractivity contribution in [2.75, 3.05) is 20.1 Å². The smallest absolute Gasteiger partial charge is 0.331 e. The molecule has 2 rings (SSSR count). The fourth-order valence-corrected chi connectivity index (χ4v) is 2.14. The molecule has 0 aromatic carbocycles. The van der Waals surface area contributed by atoms with Crippen LogP contribution in [-0.4, -0.2) is 39.7 Å². The first-order valence-corrected chi connectivity index (χ1v) is 5.39. The minimum Gasteiger partial charge on any atom is -0.492 e. The Morgan fingerprint density at radius 3 is 2.82 bits per heavy atom. The quantitative estimate of drug-likeness (QED) is 0.722. The number of hydrogen-bond donors (Lipinski definition) is 2. The topological polar surface area (TPSA) is 78.3 Å². The van der Waals surface area contributed by atoms with E-state index in [-0.39, 0.29) is 12.5 Å². The largest absolute Gasteiger partial charge is 0.492 e. The second kappa shape index (κ2) is 4.33. The predicted molar refractivity (Wildman–Crippen MR) is 58.5 cm³/mol. The molecule has 1 aromatic rings. The first kappa shape index (κ1) is 11.8. The molecule has 0 saturated carbocycles. The Balaban J connectivity index is 2.30. The third kappa shape index (κ3) is 2.23. The lowest BCUT2D eigenvalue weighted by Gasteiger charge is -2.13. The number of H-pyrrole nitrogens is 1. The van der Waals surface area contributed by atoms with Crippen LogP contribution in [-0.2, 0) is 6.54 Å². The van der Waals surface area contributed by atoms with Crippen molar-refractivity contribution in [2.24, 2.45) is 5.92 Å². The summed E-state index contributed by atoms with van der Waals surface area (Å²) in [5.41, 5.74) is -1.96. The van der Waals surface area contributed by atoms with Crippen LogP contribution in [0.1, 0.15) is 6.42 Å². The Hall–Kier alpha value is -1.63. The number of rotatable bonds is 2. The average molecular weight is 243 g/mol. The van der Waals surface area contributed by atoms with E-state index < -0.39 is 22.9 Å². The summed E-state index contributed by atoms with van der Waals surface area (Å²) < 4.78 is 14.0. The van der Waals surface area contributed by atoms with Crippen LogP contribution in [0.2, 0.25) is 0 Å². The molecular formula is C10H14FN3O3. The van der Waals surface area contributed by atoms with Gasteiger partial charge in [0.2, 0.25) is 11.7 Å². The van der Waals surface area contributed by atoms with Gasteiger partial charge in [0.05, 0.1) is 0 Å². The zero-order valence-corrected chi connectivity index (χ0v) is 9.44. The molecule has 2 N–H and O–H groups in total. The van der Waals surface area contributed by atoms with E-state index in [2.05, 4.69) is 4.90 Å². The maximum Gasteiger partial charge on any atom is 0.331 e. The monoisotopic (exact) mass is 243 g/mol. The van der Waals surface area contributed by atoms with Crippen LogP contribution in [0.3, 0.4) is 0 Å². The summed E-state index contributed by atoms with van der Waals surface area (Å²) in [7, 11) is 1.95. The van der Waals surface area contributed by atoms with Crippen LogP contribution in [0.15, 0.2) is 9.59 Å². The van der Waals surface area contributed by atoms with Gasteiger partial charge in [0.25, 0.3) is 5.56 Å². The zero-order valence-electron chi connectivity index (χ0n) is 9.44. The number of aromatic nitrogens is 2. The van der Waals surface area contributed by atoms with Gasteiger partial charge in [-0.15, -0.1) is 0 Å². The summed E-state index contributed by atoms with van der Waals surface area (Å²) in [6.45, 7) is 1.90. The number of likely N-dealkylation sites (tertiary alicyclic amines) is 1. The van der Waals surface area contributed by atoms with Crippen LogP contribution in [0, 0.1) is 11.7 Å². The van der Waals surface area contributed by atoms with Gasteiger partial charge < -0.3 is 10.0 Å². The summed E-state index contributed by atoms with van der Waals surface area (Å²) in [5, 5.41) is 9.44. The molecular weight excluding hydrogens is 229 g/mol. The molecule has 1 aliphatic heterocycles. The van der Waals surface area contributed by atoms with Crippen LogP contribution in [0.5, 0.6) is 5.88 Å². The van der Waals surface area contributed by atoms with E-state index in [1.54, 1.807) is 0 Å². The van der Waals surface area contributed by atoms with Crippen molar-refractivity contribution in [2.45, 2.75) is 13.0 Å². The number of hydrogen-bond acceptors (Lipinski definition) is 4. The highest BCUT2D eigenvalue weighted by molar-refractivity contribution is 5.09. The van der Waals surface area contributed by atoms with Gasteiger partial charge in [-0.2, -0.15) is 4.39 Å². The van der Waals surface area contributed by atoms with Crippen molar-refractivity contribution in [3.63, 3.8) is 0 Å². The number of aromatic amines is 1. The molecule has 0 amide bonds. The van der Waals surface area contributed by atoms with Gasteiger partial charge in [-0.3, -0.25) is 14.3 Å². The van der Waals surface area contributed by atoms with E-state index in [1.165, 1.54) is 0 Å². The highest BCUT2D eigenvalue weighted by Gasteiger charge is 2.22. The number of nitrogens with one attached hydrogen (secondary N) is 1. The molecule has 1 fully saturated rings. The molecule has 1 aromatic heterocycles. The van der Waals surface area contributed by atoms with Gasteiger partial charge in [-0.25, -0.2) is 4.79 Å². The molecule has 1 saturated heterocycles. The lowest BCUT2D eigenvalue weighted by atomic mass is 10.1. The number of halogens is 1. The van der Waals surface area contributed by atoms with Gasteiger partial charge >= 0.3 is 5.69 Å². The van der Waals surface area contributed by atoms with Gasteiger partial charge in [0.15, 0.2) is 0 Å². The first-order chi connectivity index (χ1) is 7.99. The molecule has 0 aliphatic carbocycles. The molecule has 1 aliphatic rings. The Labute approximate surface area is 96.3 Å². The predicted octanol–water partition coefficient (Wildman–Crippen LogP) is -0.667. The van der Waals surface area contributed by atoms with Crippen LogP contribution >= 0.6 is 0 Å². The summed E-state index contributed by atoms with van der Waals surface area (Å²) in [4.78, 5) is 26.3. The van der Waals surface area contributed by atoms with Gasteiger partial charge in [-0.1, -0.05) is 0 Å². The third-order valence-corrected chi connectivity index (χ3v) is 3.05. The molecule has 17 heavy (non-hydrogen) atoms. The Kier molecular flexibility index (Phi) is 3.01. The molecule has 0 spiro atoms. The fraction of sp³-hybridized carbons (Fsp3) is 0.600. The molecule has 0 bridgehead atoms. The summed E-state index contributed by atoms with van der Waals surface area (Å²) in [5.74, 6) is -2.02. The molecule has 1 atom stereocenters. The van der Waals surface area contributed by atoms with Crippen LogP contribution in [0.4, 0.5) is 4.39 Å². The van der Waals surface area contributed by atoms with E-state index >= 15 is 0 Å². The van der Waals surface area contributed by atoms with E-state index in [0.29, 0.717) is 0 Å². The van der Waals surface area contributed by atoms with Crippen molar-refractivity contribution < 1.29 is 9.50 Å². The normalized spacial score (nSPS) is 20.9. The first-order valence-electron chi connectivity index (χ1n) is 5.39. The van der Waals surface area contributed by atoms with Crippen molar-refractivity contribution >= 4 is 0 Å². The zero-order chi connectivity index (χ0) is 12.6. The Morgan fingerprint density at radius 1 is 1.53 bits per heavy atom. The maximum atomic E-state index is 13.2. The molecule has 2 heterocycles. The number of nitrogens with zero attached hydrogens (tertiary/aromatic N) is 2. The van der Waals surface area contributed by atoms with Crippen LogP contribution in [0.25, 0.3) is 0 Å². The summed E-state index contributed by atoms with van der Waals surface area (Å²) in [6, 6.07) is 0. The summed E-state index contributed by atoms with van der Waals surface area (Å²) >= 11 is 0. The molecule has 0 radical (unpaired) electrons. The number of aromatic hydroxyl groups is 1.